The van der Waals surface area contributed by atoms with E-state index in [4.69, 9.17) is 9.47 Å². The molecule has 0 aromatic rings. The Bertz CT molecular complexity index is 515. The summed E-state index contributed by atoms with van der Waals surface area (Å²) < 4.78 is 25.5. The molecule has 0 radical (unpaired) electrons. The highest BCUT2D eigenvalue weighted by atomic mass is 127. The summed E-state index contributed by atoms with van der Waals surface area (Å²) >= 11 is 2.44. The molecule has 28 heavy (non-hydrogen) atoms. The zero-order valence-electron chi connectivity index (χ0n) is 17.4. The van der Waals surface area contributed by atoms with Gasteiger partial charge in [0.05, 0.1) is 19.3 Å². The van der Waals surface area contributed by atoms with Crippen molar-refractivity contribution in [1.29, 1.82) is 0 Å². The maximum atomic E-state index is 14.0. The van der Waals surface area contributed by atoms with Crippen LogP contribution in [0, 0.1) is 17.8 Å². The molecule has 0 aromatic heterocycles. The molecule has 6 heteroatoms. The fourth-order valence-electron chi connectivity index (χ4n) is 4.61. The Hall–Kier alpha value is -0.210. The van der Waals surface area contributed by atoms with Crippen LogP contribution in [0.25, 0.3) is 0 Å². The molecule has 0 amide bonds. The topological polar surface area (TPSA) is 55.8 Å². The van der Waals surface area contributed by atoms with Crippen molar-refractivity contribution in [2.75, 3.05) is 7.11 Å². The first-order valence-corrected chi connectivity index (χ1v) is 12.0. The van der Waals surface area contributed by atoms with Crippen LogP contribution in [0.15, 0.2) is 12.2 Å². The number of ether oxygens (including phenoxy) is 2. The van der Waals surface area contributed by atoms with Crippen LogP contribution >= 0.6 is 22.6 Å². The molecule has 2 aliphatic rings. The number of alkyl halides is 2. The first-order chi connectivity index (χ1) is 13.4. The van der Waals surface area contributed by atoms with E-state index in [1.54, 1.807) is 6.08 Å². The number of fused-ring (bicyclic) bond motifs is 1. The number of methoxy groups -OCH3 is 1. The molecule has 1 heterocycles. The molecule has 1 saturated carbocycles. The molecule has 8 atom stereocenters. The van der Waals surface area contributed by atoms with E-state index in [1.165, 1.54) is 7.11 Å². The number of hydrogen-bond acceptors (Lipinski definition) is 4. The second kappa shape index (κ2) is 11.8. The Morgan fingerprint density at radius 2 is 2.11 bits per heavy atom. The van der Waals surface area contributed by atoms with E-state index in [-0.39, 0.29) is 18.2 Å². The van der Waals surface area contributed by atoms with Crippen LogP contribution in [0.1, 0.15) is 65.2 Å². The van der Waals surface area contributed by atoms with Gasteiger partial charge in [0.25, 0.3) is 0 Å². The van der Waals surface area contributed by atoms with Crippen molar-refractivity contribution in [3.8, 4) is 0 Å². The van der Waals surface area contributed by atoms with Crippen LogP contribution < -0.4 is 0 Å². The molecule has 1 aliphatic heterocycles. The number of aliphatic hydroxyl groups is 1. The second-order valence-electron chi connectivity index (χ2n) is 8.42. The number of halogens is 2. The molecule has 1 saturated heterocycles. The molecule has 4 nitrogen and oxygen atoms in total. The van der Waals surface area contributed by atoms with E-state index in [0.29, 0.717) is 34.5 Å². The summed E-state index contributed by atoms with van der Waals surface area (Å²) in [5.41, 5.74) is 0. The predicted octanol–water partition coefficient (Wildman–Crippen LogP) is 5.01. The van der Waals surface area contributed by atoms with E-state index in [2.05, 4.69) is 29.5 Å². The van der Waals surface area contributed by atoms with Crippen molar-refractivity contribution in [3.63, 3.8) is 0 Å². The van der Waals surface area contributed by atoms with E-state index in [9.17, 15) is 14.3 Å². The normalized spacial score (nSPS) is 33.0. The Balaban J connectivity index is 1.85. The largest absolute Gasteiger partial charge is 0.469 e. The molecule has 0 aromatic carbocycles. The van der Waals surface area contributed by atoms with Gasteiger partial charge in [-0.2, -0.15) is 0 Å². The van der Waals surface area contributed by atoms with Crippen molar-refractivity contribution < 1.29 is 23.8 Å². The van der Waals surface area contributed by atoms with Gasteiger partial charge in [0, 0.05) is 10.3 Å². The van der Waals surface area contributed by atoms with Gasteiger partial charge in [0.15, 0.2) is 0 Å². The van der Waals surface area contributed by atoms with Gasteiger partial charge in [0.2, 0.25) is 0 Å². The molecule has 0 unspecified atom stereocenters. The molecule has 0 bridgehead atoms. The third-order valence-corrected chi connectivity index (χ3v) is 7.74. The van der Waals surface area contributed by atoms with Gasteiger partial charge in [-0.3, -0.25) is 4.79 Å². The number of unbranched alkanes of at least 4 members (excludes halogenated alkanes) is 1. The Labute approximate surface area is 182 Å². The SMILES string of the molecule is CCCC[C@@H](F)[C@H](O)/C=C/[C@H]1[C@H]2C[C@H]([C@H](I)CCCC(=O)OC)O[C@H]2C[C@H]1C. The standard InChI is InChI=1S/C22H36FIO4/c1-4-5-7-17(23)19(25)11-10-15-14(2)12-20-16(15)13-21(28-20)18(24)8-6-9-22(26)27-3/h10-11,14-21,25H,4-9,12-13H2,1-3H3/b11-10+/t14-,15-,16-,17-,18-,19-,20+,21-/m1/s1. The van der Waals surface area contributed by atoms with Gasteiger partial charge in [-0.25, -0.2) is 4.39 Å². The van der Waals surface area contributed by atoms with Gasteiger partial charge in [-0.05, 0) is 49.9 Å². The minimum Gasteiger partial charge on any atom is -0.469 e. The predicted molar refractivity (Wildman–Crippen MR) is 117 cm³/mol. The average molecular weight is 510 g/mol. The molecule has 162 valence electrons. The van der Waals surface area contributed by atoms with E-state index < -0.39 is 12.3 Å². The third-order valence-electron chi connectivity index (χ3n) is 6.31. The molecule has 1 aliphatic carbocycles. The molecule has 1 N–H and O–H groups in total. The molecular formula is C22H36FIO4. The van der Waals surface area contributed by atoms with E-state index >= 15 is 0 Å². The Morgan fingerprint density at radius 1 is 1.36 bits per heavy atom. The summed E-state index contributed by atoms with van der Waals surface area (Å²) in [6, 6.07) is 0. The smallest absolute Gasteiger partial charge is 0.305 e. The fraction of sp³-hybridized carbons (Fsp3) is 0.864. The fourth-order valence-corrected chi connectivity index (χ4v) is 5.51. The van der Waals surface area contributed by atoms with E-state index in [1.807, 2.05) is 13.0 Å². The Morgan fingerprint density at radius 3 is 2.79 bits per heavy atom. The molecule has 2 rings (SSSR count). The minimum absolute atomic E-state index is 0.157. The number of carbonyl (C=O) groups is 1. The maximum absolute atomic E-state index is 14.0. The summed E-state index contributed by atoms with van der Waals surface area (Å²) in [4.78, 5) is 11.3. The Kier molecular flexibility index (Phi) is 10.2. The number of rotatable bonds is 11. The maximum Gasteiger partial charge on any atom is 0.305 e. The molecule has 0 spiro atoms. The van der Waals surface area contributed by atoms with Gasteiger partial charge < -0.3 is 14.6 Å². The number of hydrogen-bond donors (Lipinski definition) is 1. The second-order valence-corrected chi connectivity index (χ2v) is 10.0. The van der Waals surface area contributed by atoms with Crippen molar-refractivity contribution in [3.05, 3.63) is 12.2 Å². The molecular weight excluding hydrogens is 474 g/mol. The summed E-state index contributed by atoms with van der Waals surface area (Å²) in [6.45, 7) is 4.25. The monoisotopic (exact) mass is 510 g/mol. The van der Waals surface area contributed by atoms with Gasteiger partial charge in [-0.15, -0.1) is 0 Å². The lowest BCUT2D eigenvalue weighted by molar-refractivity contribution is -0.140. The number of carbonyl (C=O) groups excluding carboxylic acids is 1. The highest BCUT2D eigenvalue weighted by molar-refractivity contribution is 14.1. The van der Waals surface area contributed by atoms with Crippen LogP contribution in [0.5, 0.6) is 0 Å². The van der Waals surface area contributed by atoms with E-state index in [0.717, 1.165) is 38.5 Å². The van der Waals surface area contributed by atoms with Crippen molar-refractivity contribution >= 4 is 28.6 Å². The first kappa shape index (κ1) is 24.1. The van der Waals surface area contributed by atoms with Gasteiger partial charge >= 0.3 is 5.97 Å². The summed E-state index contributed by atoms with van der Waals surface area (Å²) in [7, 11) is 1.42. The zero-order chi connectivity index (χ0) is 20.7. The van der Waals surface area contributed by atoms with Crippen LogP contribution in [-0.2, 0) is 14.3 Å². The average Bonchev–Trinajstić information content (AvgIpc) is 3.21. The highest BCUT2D eigenvalue weighted by Gasteiger charge is 2.48. The number of allylic oxidation sites excluding steroid dienone is 1. The van der Waals surface area contributed by atoms with Crippen molar-refractivity contribution in [2.24, 2.45) is 17.8 Å². The van der Waals surface area contributed by atoms with Crippen molar-refractivity contribution in [2.45, 2.75) is 93.6 Å². The summed E-state index contributed by atoms with van der Waals surface area (Å²) in [5.74, 6) is 1.10. The number of aliphatic hydroxyl groups excluding tert-OH is 1. The minimum atomic E-state index is -1.18. The third kappa shape index (κ3) is 6.66. The molecule has 2 fully saturated rings. The van der Waals surface area contributed by atoms with Crippen LogP contribution in [0.3, 0.4) is 0 Å². The van der Waals surface area contributed by atoms with Gasteiger partial charge in [0.1, 0.15) is 12.3 Å². The lowest BCUT2D eigenvalue weighted by Gasteiger charge is -2.22. The lowest BCUT2D eigenvalue weighted by Crippen LogP contribution is -2.23. The zero-order valence-corrected chi connectivity index (χ0v) is 19.5. The van der Waals surface area contributed by atoms with Crippen LogP contribution in [0.4, 0.5) is 4.39 Å². The highest BCUT2D eigenvalue weighted by Crippen LogP contribution is 2.48. The summed E-state index contributed by atoms with van der Waals surface area (Å²) in [5, 5.41) is 10.1. The lowest BCUT2D eigenvalue weighted by atomic mass is 9.86. The first-order valence-electron chi connectivity index (χ1n) is 10.7. The van der Waals surface area contributed by atoms with Crippen molar-refractivity contribution in [1.82, 2.24) is 0 Å². The number of esters is 1. The summed E-state index contributed by atoms with van der Waals surface area (Å²) in [6.07, 6.45) is 8.40. The van der Waals surface area contributed by atoms with Crippen LogP contribution in [0.2, 0.25) is 0 Å². The van der Waals surface area contributed by atoms with Crippen LogP contribution in [-0.4, -0.2) is 46.6 Å². The van der Waals surface area contributed by atoms with Gasteiger partial charge in [-0.1, -0.05) is 61.4 Å². The quantitative estimate of drug-likeness (QED) is 0.184.